The molecule has 3 aromatic heterocycles. The van der Waals surface area contributed by atoms with E-state index in [1.807, 2.05) is 36.4 Å². The second kappa shape index (κ2) is 8.90. The summed E-state index contributed by atoms with van der Waals surface area (Å²) in [5, 5.41) is 0. The SMILES string of the molecule is COc1cc(CCc2cnc3[nH]c(-c4ccc(N5CCCC5=O)nc4)cc3n2)cc(OC)c1. The van der Waals surface area contributed by atoms with Crippen LogP contribution in [0.3, 0.4) is 0 Å². The molecule has 0 bridgehead atoms. The number of pyridine rings is 1. The third-order valence-corrected chi connectivity index (χ3v) is 5.87. The van der Waals surface area contributed by atoms with Crippen molar-refractivity contribution in [3.05, 3.63) is 60.0 Å². The van der Waals surface area contributed by atoms with Gasteiger partial charge in [0.15, 0.2) is 5.65 Å². The maximum absolute atomic E-state index is 11.9. The summed E-state index contributed by atoms with van der Waals surface area (Å²) in [4.78, 5) is 30.8. The number of carbonyl (C=O) groups excluding carboxylic acids is 1. The molecule has 0 spiro atoms. The second-order valence-electron chi connectivity index (χ2n) is 8.05. The number of anilines is 1. The smallest absolute Gasteiger partial charge is 0.228 e. The molecule has 5 rings (SSSR count). The number of nitrogens with zero attached hydrogens (tertiary/aromatic N) is 4. The van der Waals surface area contributed by atoms with E-state index in [-0.39, 0.29) is 5.91 Å². The van der Waals surface area contributed by atoms with Crippen molar-refractivity contribution >= 4 is 22.9 Å². The number of amides is 1. The average Bonchev–Trinajstić information content (AvgIpc) is 3.48. The van der Waals surface area contributed by atoms with E-state index in [2.05, 4.69) is 15.0 Å². The maximum atomic E-state index is 11.9. The van der Waals surface area contributed by atoms with Gasteiger partial charge in [0.1, 0.15) is 22.8 Å². The number of nitrogens with one attached hydrogen (secondary N) is 1. The quantitative estimate of drug-likeness (QED) is 0.465. The number of methoxy groups -OCH3 is 2. The van der Waals surface area contributed by atoms with E-state index in [0.717, 1.165) is 71.0 Å². The molecule has 0 saturated carbocycles. The van der Waals surface area contributed by atoms with Gasteiger partial charge in [-0.1, -0.05) is 0 Å². The number of rotatable bonds is 7. The molecule has 0 unspecified atom stereocenters. The molecule has 0 atom stereocenters. The standard InChI is InChI=1S/C25H25N5O3/c1-32-19-10-16(11-20(12-19)33-2)5-7-18-15-27-25-22(28-18)13-21(29-25)17-6-8-23(26-14-17)30-9-3-4-24(30)31/h6,8,10-15H,3-5,7,9H2,1-2H3,(H,27,29). The lowest BCUT2D eigenvalue weighted by Gasteiger charge is -2.14. The topological polar surface area (TPSA) is 93.2 Å². The molecular formula is C25H25N5O3. The van der Waals surface area contributed by atoms with Crippen LogP contribution in [0.25, 0.3) is 22.4 Å². The average molecular weight is 444 g/mol. The van der Waals surface area contributed by atoms with Gasteiger partial charge in [-0.05, 0) is 55.2 Å². The largest absolute Gasteiger partial charge is 0.497 e. The number of hydrogen-bond donors (Lipinski definition) is 1. The summed E-state index contributed by atoms with van der Waals surface area (Å²) >= 11 is 0. The molecule has 4 heterocycles. The van der Waals surface area contributed by atoms with E-state index in [1.165, 1.54) is 0 Å². The molecule has 1 aromatic carbocycles. The van der Waals surface area contributed by atoms with Crippen molar-refractivity contribution in [2.45, 2.75) is 25.7 Å². The number of hydrogen-bond acceptors (Lipinski definition) is 6. The van der Waals surface area contributed by atoms with E-state index in [1.54, 1.807) is 31.5 Å². The molecule has 0 aliphatic carbocycles. The molecule has 4 aromatic rings. The molecule has 0 radical (unpaired) electrons. The highest BCUT2D eigenvalue weighted by Crippen LogP contribution is 2.26. The number of H-pyrrole nitrogens is 1. The maximum Gasteiger partial charge on any atom is 0.228 e. The first-order valence-electron chi connectivity index (χ1n) is 11.0. The molecular weight excluding hydrogens is 418 g/mol. The third-order valence-electron chi connectivity index (χ3n) is 5.87. The Morgan fingerprint density at radius 3 is 2.48 bits per heavy atom. The lowest BCUT2D eigenvalue weighted by Crippen LogP contribution is -2.24. The Balaban J connectivity index is 1.32. The zero-order chi connectivity index (χ0) is 22.8. The third kappa shape index (κ3) is 4.37. The highest BCUT2D eigenvalue weighted by atomic mass is 16.5. The Bertz CT molecular complexity index is 1280. The highest BCUT2D eigenvalue weighted by Gasteiger charge is 2.22. The van der Waals surface area contributed by atoms with Gasteiger partial charge in [0.05, 0.1) is 31.8 Å². The fraction of sp³-hybridized carbons (Fsp3) is 0.280. The van der Waals surface area contributed by atoms with Gasteiger partial charge >= 0.3 is 0 Å². The predicted octanol–water partition coefficient (Wildman–Crippen LogP) is 3.95. The molecule has 1 aliphatic heterocycles. The van der Waals surface area contributed by atoms with Gasteiger partial charge in [-0.15, -0.1) is 0 Å². The Morgan fingerprint density at radius 2 is 1.82 bits per heavy atom. The monoisotopic (exact) mass is 443 g/mol. The summed E-state index contributed by atoms with van der Waals surface area (Å²) < 4.78 is 10.7. The van der Waals surface area contributed by atoms with Crippen LogP contribution in [0.4, 0.5) is 5.82 Å². The van der Waals surface area contributed by atoms with Crippen LogP contribution >= 0.6 is 0 Å². The summed E-state index contributed by atoms with van der Waals surface area (Å²) in [6, 6.07) is 11.7. The van der Waals surface area contributed by atoms with E-state index in [0.29, 0.717) is 12.2 Å². The Kier molecular flexibility index (Phi) is 5.64. The lowest BCUT2D eigenvalue weighted by atomic mass is 10.1. The fourth-order valence-electron chi connectivity index (χ4n) is 4.09. The highest BCUT2D eigenvalue weighted by molar-refractivity contribution is 5.94. The van der Waals surface area contributed by atoms with Gasteiger partial charge in [0.25, 0.3) is 0 Å². The van der Waals surface area contributed by atoms with Crippen molar-refractivity contribution in [1.29, 1.82) is 0 Å². The van der Waals surface area contributed by atoms with Crippen molar-refractivity contribution in [3.63, 3.8) is 0 Å². The zero-order valence-electron chi connectivity index (χ0n) is 18.7. The van der Waals surface area contributed by atoms with Gasteiger partial charge in [0.2, 0.25) is 5.91 Å². The first kappa shape index (κ1) is 20.9. The molecule has 1 aliphatic rings. The van der Waals surface area contributed by atoms with Crippen molar-refractivity contribution in [2.24, 2.45) is 0 Å². The van der Waals surface area contributed by atoms with Crippen LogP contribution in [0.15, 0.2) is 48.8 Å². The summed E-state index contributed by atoms with van der Waals surface area (Å²) in [6.45, 7) is 0.733. The Labute approximate surface area is 191 Å². The first-order valence-corrected chi connectivity index (χ1v) is 11.0. The summed E-state index contributed by atoms with van der Waals surface area (Å²) in [5.41, 5.74) is 5.39. The predicted molar refractivity (Wildman–Crippen MR) is 126 cm³/mol. The Hall–Kier alpha value is -3.94. The van der Waals surface area contributed by atoms with E-state index < -0.39 is 0 Å². The lowest BCUT2D eigenvalue weighted by molar-refractivity contribution is -0.117. The van der Waals surface area contributed by atoms with Gasteiger partial charge in [0, 0.05) is 30.8 Å². The van der Waals surface area contributed by atoms with Crippen LogP contribution in [0.2, 0.25) is 0 Å². The fourth-order valence-corrected chi connectivity index (χ4v) is 4.09. The van der Waals surface area contributed by atoms with Crippen LogP contribution in [0.1, 0.15) is 24.1 Å². The molecule has 1 saturated heterocycles. The summed E-state index contributed by atoms with van der Waals surface area (Å²) in [7, 11) is 3.30. The van der Waals surface area contributed by atoms with Crippen molar-refractivity contribution < 1.29 is 14.3 Å². The van der Waals surface area contributed by atoms with E-state index in [9.17, 15) is 4.79 Å². The minimum absolute atomic E-state index is 0.134. The molecule has 8 nitrogen and oxygen atoms in total. The molecule has 8 heteroatoms. The normalized spacial score (nSPS) is 13.6. The molecule has 1 N–H and O–H groups in total. The molecule has 1 fully saturated rings. The number of aromatic nitrogens is 4. The van der Waals surface area contributed by atoms with E-state index >= 15 is 0 Å². The molecule has 1 amide bonds. The van der Waals surface area contributed by atoms with E-state index in [4.69, 9.17) is 14.5 Å². The summed E-state index contributed by atoms with van der Waals surface area (Å²) in [6.07, 6.45) is 6.61. The number of ether oxygens (including phenoxy) is 2. The number of fused-ring (bicyclic) bond motifs is 1. The van der Waals surface area contributed by atoms with Crippen molar-refractivity contribution in [1.82, 2.24) is 19.9 Å². The number of benzene rings is 1. The van der Waals surface area contributed by atoms with Crippen LogP contribution in [-0.2, 0) is 17.6 Å². The molecule has 33 heavy (non-hydrogen) atoms. The van der Waals surface area contributed by atoms with Crippen LogP contribution in [0, 0.1) is 0 Å². The van der Waals surface area contributed by atoms with Gasteiger partial charge in [-0.3, -0.25) is 9.69 Å². The second-order valence-corrected chi connectivity index (χ2v) is 8.05. The van der Waals surface area contributed by atoms with Crippen LogP contribution < -0.4 is 14.4 Å². The molecule has 168 valence electrons. The number of carbonyl (C=O) groups is 1. The van der Waals surface area contributed by atoms with Crippen molar-refractivity contribution in [3.8, 4) is 22.8 Å². The van der Waals surface area contributed by atoms with Crippen LogP contribution in [0.5, 0.6) is 11.5 Å². The van der Waals surface area contributed by atoms with Gasteiger partial charge in [-0.2, -0.15) is 0 Å². The van der Waals surface area contributed by atoms with Gasteiger partial charge < -0.3 is 14.5 Å². The minimum Gasteiger partial charge on any atom is -0.497 e. The first-order chi connectivity index (χ1) is 16.1. The number of aromatic amines is 1. The summed E-state index contributed by atoms with van der Waals surface area (Å²) in [5.74, 6) is 2.38. The van der Waals surface area contributed by atoms with Crippen LogP contribution in [-0.4, -0.2) is 46.6 Å². The zero-order valence-corrected chi connectivity index (χ0v) is 18.7. The minimum atomic E-state index is 0.134. The van der Waals surface area contributed by atoms with Crippen molar-refractivity contribution in [2.75, 3.05) is 25.7 Å². The number of aryl methyl sites for hydroxylation is 2. The Morgan fingerprint density at radius 1 is 1.00 bits per heavy atom. The van der Waals surface area contributed by atoms with Gasteiger partial charge in [-0.25, -0.2) is 15.0 Å².